The third-order valence-electron chi connectivity index (χ3n) is 1.27. The molecule has 0 aromatic carbocycles. The largest absolute Gasteiger partial charge is 0.344 e. The smallest absolute Gasteiger partial charge is 0.219 e. The first kappa shape index (κ1) is 12.2. The van der Waals surface area contributed by atoms with Crippen molar-refractivity contribution in [3.63, 3.8) is 0 Å². The van der Waals surface area contributed by atoms with Crippen LogP contribution in [0.25, 0.3) is 0 Å². The van der Waals surface area contributed by atoms with Gasteiger partial charge in [0, 0.05) is 20.0 Å². The van der Waals surface area contributed by atoms with Crippen molar-refractivity contribution < 1.29 is 4.79 Å². The van der Waals surface area contributed by atoms with Crippen LogP contribution in [0.15, 0.2) is 0 Å². The predicted molar refractivity (Wildman–Crippen MR) is 44.9 cm³/mol. The van der Waals surface area contributed by atoms with E-state index >= 15 is 0 Å². The molecular weight excluding hydrogens is 126 g/mol. The van der Waals surface area contributed by atoms with Crippen LogP contribution >= 0.6 is 0 Å². The number of hydrogen-bond donors (Lipinski definition) is 0. The van der Waals surface area contributed by atoms with E-state index in [1.807, 2.05) is 27.7 Å². The molecule has 0 rings (SSSR count). The third kappa shape index (κ3) is 5.60. The van der Waals surface area contributed by atoms with E-state index in [0.717, 1.165) is 0 Å². The van der Waals surface area contributed by atoms with Crippen molar-refractivity contribution in [3.05, 3.63) is 0 Å². The highest BCUT2D eigenvalue weighted by Crippen LogP contribution is 1.91. The molecule has 0 saturated heterocycles. The average Bonchev–Trinajstić information content (AvgIpc) is 1.90. The molecule has 10 heavy (non-hydrogen) atoms. The van der Waals surface area contributed by atoms with Crippen LogP contribution in [0.4, 0.5) is 0 Å². The Morgan fingerprint density at radius 3 is 1.60 bits per heavy atom. The fourth-order valence-electron chi connectivity index (χ4n) is 0.364. The Kier molecular flexibility index (Phi) is 8.02. The molecular formula is C8H19NO. The van der Waals surface area contributed by atoms with Gasteiger partial charge in [-0.15, -0.1) is 0 Å². The molecule has 0 fully saturated rings. The molecule has 0 aromatic heterocycles. The molecule has 0 aliphatic heterocycles. The summed E-state index contributed by atoms with van der Waals surface area (Å²) < 4.78 is 0. The van der Waals surface area contributed by atoms with Crippen molar-refractivity contribution in [2.45, 2.75) is 40.7 Å². The zero-order chi connectivity index (χ0) is 8.73. The normalized spacial score (nSPS) is 8.30. The molecule has 0 bridgehead atoms. The Balaban J connectivity index is 0. The van der Waals surface area contributed by atoms with Gasteiger partial charge >= 0.3 is 0 Å². The summed E-state index contributed by atoms with van der Waals surface area (Å²) in [5, 5.41) is 0. The van der Waals surface area contributed by atoms with Crippen molar-refractivity contribution in [1.29, 1.82) is 0 Å². The van der Waals surface area contributed by atoms with Crippen molar-refractivity contribution in [1.82, 2.24) is 4.90 Å². The molecule has 0 aliphatic rings. The summed E-state index contributed by atoms with van der Waals surface area (Å²) in [6, 6.07) is 0.326. The number of rotatable bonds is 1. The van der Waals surface area contributed by atoms with Crippen LogP contribution < -0.4 is 0 Å². The van der Waals surface area contributed by atoms with E-state index in [1.165, 1.54) is 0 Å². The van der Waals surface area contributed by atoms with Crippen molar-refractivity contribution in [2.75, 3.05) is 7.05 Å². The highest BCUT2D eigenvalue weighted by atomic mass is 16.2. The summed E-state index contributed by atoms with van der Waals surface area (Å²) in [4.78, 5) is 12.2. The van der Waals surface area contributed by atoms with Crippen LogP contribution in [0.3, 0.4) is 0 Å². The van der Waals surface area contributed by atoms with Gasteiger partial charge < -0.3 is 4.90 Å². The SMILES string of the molecule is CC.CC(=O)N(C)C(C)C. The second-order valence-corrected chi connectivity index (χ2v) is 2.22. The molecule has 0 radical (unpaired) electrons. The lowest BCUT2D eigenvalue weighted by atomic mass is 10.3. The lowest BCUT2D eigenvalue weighted by Gasteiger charge is -2.18. The van der Waals surface area contributed by atoms with E-state index in [9.17, 15) is 4.79 Å². The number of hydrogen-bond acceptors (Lipinski definition) is 1. The minimum absolute atomic E-state index is 0.125. The summed E-state index contributed by atoms with van der Waals surface area (Å²) >= 11 is 0. The van der Waals surface area contributed by atoms with Gasteiger partial charge in [0.2, 0.25) is 5.91 Å². The van der Waals surface area contributed by atoms with Crippen LogP contribution in [0, 0.1) is 0 Å². The second kappa shape index (κ2) is 6.59. The summed E-state index contributed by atoms with van der Waals surface area (Å²) in [7, 11) is 1.80. The average molecular weight is 145 g/mol. The third-order valence-corrected chi connectivity index (χ3v) is 1.27. The number of carbonyl (C=O) groups excluding carboxylic acids is 1. The van der Waals surface area contributed by atoms with Gasteiger partial charge in [-0.2, -0.15) is 0 Å². The number of nitrogens with zero attached hydrogens (tertiary/aromatic N) is 1. The van der Waals surface area contributed by atoms with E-state index in [0.29, 0.717) is 6.04 Å². The molecule has 0 spiro atoms. The molecule has 1 amide bonds. The van der Waals surface area contributed by atoms with E-state index in [2.05, 4.69) is 0 Å². The Labute approximate surface area is 64.2 Å². The highest BCUT2D eigenvalue weighted by molar-refractivity contribution is 5.73. The first-order valence-electron chi connectivity index (χ1n) is 3.79. The zero-order valence-corrected chi connectivity index (χ0v) is 7.93. The monoisotopic (exact) mass is 145 g/mol. The number of carbonyl (C=O) groups is 1. The molecule has 0 N–H and O–H groups in total. The maximum atomic E-state index is 10.5. The predicted octanol–water partition coefficient (Wildman–Crippen LogP) is 1.90. The van der Waals surface area contributed by atoms with E-state index in [4.69, 9.17) is 0 Å². The topological polar surface area (TPSA) is 20.3 Å². The Morgan fingerprint density at radius 2 is 1.60 bits per heavy atom. The van der Waals surface area contributed by atoms with Gasteiger partial charge in [0.15, 0.2) is 0 Å². The maximum Gasteiger partial charge on any atom is 0.219 e. The Morgan fingerprint density at radius 1 is 1.30 bits per heavy atom. The van der Waals surface area contributed by atoms with Gasteiger partial charge in [-0.25, -0.2) is 0 Å². The van der Waals surface area contributed by atoms with E-state index in [1.54, 1.807) is 18.9 Å². The highest BCUT2D eigenvalue weighted by Gasteiger charge is 2.03. The summed E-state index contributed by atoms with van der Waals surface area (Å²) in [6.45, 7) is 9.54. The standard InChI is InChI=1S/C6H13NO.C2H6/c1-5(2)7(4)6(3)8;1-2/h5H,1-4H3;1-2H3. The molecule has 0 unspecified atom stereocenters. The minimum Gasteiger partial charge on any atom is -0.344 e. The van der Waals surface area contributed by atoms with Gasteiger partial charge in [-0.1, -0.05) is 13.8 Å². The first-order chi connectivity index (χ1) is 4.55. The summed E-state index contributed by atoms with van der Waals surface area (Å²) in [5.41, 5.74) is 0. The van der Waals surface area contributed by atoms with Crippen molar-refractivity contribution in [3.8, 4) is 0 Å². The quantitative estimate of drug-likeness (QED) is 0.552. The summed E-state index contributed by atoms with van der Waals surface area (Å²) in [6.07, 6.45) is 0. The van der Waals surface area contributed by atoms with E-state index < -0.39 is 0 Å². The molecule has 62 valence electrons. The van der Waals surface area contributed by atoms with Gasteiger partial charge in [-0.05, 0) is 13.8 Å². The molecule has 2 heteroatoms. The lowest BCUT2D eigenvalue weighted by Crippen LogP contribution is -2.30. The van der Waals surface area contributed by atoms with Gasteiger partial charge in [0.25, 0.3) is 0 Å². The molecule has 0 heterocycles. The summed E-state index contributed by atoms with van der Waals surface area (Å²) in [5.74, 6) is 0.125. The first-order valence-corrected chi connectivity index (χ1v) is 3.79. The van der Waals surface area contributed by atoms with Crippen LogP contribution in [0.2, 0.25) is 0 Å². The molecule has 0 aromatic rings. The fourth-order valence-corrected chi connectivity index (χ4v) is 0.364. The van der Waals surface area contributed by atoms with Crippen molar-refractivity contribution in [2.24, 2.45) is 0 Å². The molecule has 0 atom stereocenters. The zero-order valence-electron chi connectivity index (χ0n) is 7.93. The second-order valence-electron chi connectivity index (χ2n) is 2.22. The van der Waals surface area contributed by atoms with Gasteiger partial charge in [0.05, 0.1) is 0 Å². The van der Waals surface area contributed by atoms with Crippen LogP contribution in [0.5, 0.6) is 0 Å². The number of amides is 1. The van der Waals surface area contributed by atoms with Crippen LogP contribution in [0.1, 0.15) is 34.6 Å². The van der Waals surface area contributed by atoms with Gasteiger partial charge in [0.1, 0.15) is 0 Å². The molecule has 2 nitrogen and oxygen atoms in total. The van der Waals surface area contributed by atoms with Crippen LogP contribution in [-0.4, -0.2) is 23.9 Å². The fraction of sp³-hybridized carbons (Fsp3) is 0.875. The Bertz CT molecular complexity index is 89.3. The van der Waals surface area contributed by atoms with Crippen LogP contribution in [-0.2, 0) is 4.79 Å². The van der Waals surface area contributed by atoms with Gasteiger partial charge in [-0.3, -0.25) is 4.79 Å². The molecule has 0 saturated carbocycles. The van der Waals surface area contributed by atoms with E-state index in [-0.39, 0.29) is 5.91 Å². The van der Waals surface area contributed by atoms with Crippen molar-refractivity contribution >= 4 is 5.91 Å². The Hall–Kier alpha value is -0.530. The minimum atomic E-state index is 0.125. The maximum absolute atomic E-state index is 10.5. The lowest BCUT2D eigenvalue weighted by molar-refractivity contribution is -0.128. The molecule has 0 aliphatic carbocycles.